The Balaban J connectivity index is 2.18. The molecule has 0 saturated carbocycles. The van der Waals surface area contributed by atoms with E-state index in [1.807, 2.05) is 20.8 Å². The fourth-order valence-corrected chi connectivity index (χ4v) is 2.54. The van der Waals surface area contributed by atoms with Gasteiger partial charge in [0.15, 0.2) is 5.78 Å². The van der Waals surface area contributed by atoms with Crippen molar-refractivity contribution in [3.63, 3.8) is 0 Å². The Morgan fingerprint density at radius 3 is 2.04 bits per heavy atom. The highest BCUT2D eigenvalue weighted by Gasteiger charge is 2.23. The molecule has 0 heterocycles. The topological polar surface area (TPSA) is 81.7 Å². The molecule has 1 amide bonds. The van der Waals surface area contributed by atoms with Gasteiger partial charge in [-0.25, -0.2) is 4.79 Å². The number of Topliss-reactive ketones (excluding diaryl/α,β-unsaturated/α-hetero) is 1. The summed E-state index contributed by atoms with van der Waals surface area (Å²) < 4.78 is 10.2. The van der Waals surface area contributed by atoms with Crippen molar-refractivity contribution in [3.05, 3.63) is 59.2 Å². The molecule has 148 valence electrons. The summed E-state index contributed by atoms with van der Waals surface area (Å²) in [5, 5.41) is 2.75. The molecule has 0 aliphatic carbocycles. The molecule has 6 nitrogen and oxygen atoms in total. The van der Waals surface area contributed by atoms with E-state index in [2.05, 4.69) is 5.32 Å². The Morgan fingerprint density at radius 1 is 0.929 bits per heavy atom. The summed E-state index contributed by atoms with van der Waals surface area (Å²) in [6.07, 6.45) is 0. The molecule has 0 fully saturated rings. The largest absolute Gasteiger partial charge is 0.495 e. The van der Waals surface area contributed by atoms with Crippen molar-refractivity contribution in [2.24, 2.45) is 5.41 Å². The van der Waals surface area contributed by atoms with Crippen LogP contribution in [0.3, 0.4) is 0 Å². The van der Waals surface area contributed by atoms with Crippen LogP contribution in [0.2, 0.25) is 0 Å². The average molecular weight is 383 g/mol. The van der Waals surface area contributed by atoms with Crippen LogP contribution in [0.1, 0.15) is 58.8 Å². The molecular weight excluding hydrogens is 358 g/mol. The molecule has 0 saturated heterocycles. The highest BCUT2D eigenvalue weighted by atomic mass is 16.5. The lowest BCUT2D eigenvalue weighted by atomic mass is 9.86. The number of esters is 1. The fourth-order valence-electron chi connectivity index (χ4n) is 2.54. The SMILES string of the molecule is CCOC(=O)c1ccc(NC(=O)c2ccc(C(=O)C(C)(C)C)cc2)c(OC)c1. The highest BCUT2D eigenvalue weighted by molar-refractivity contribution is 6.06. The smallest absolute Gasteiger partial charge is 0.338 e. The first-order chi connectivity index (χ1) is 13.2. The second-order valence-electron chi connectivity index (χ2n) is 7.25. The number of anilines is 1. The van der Waals surface area contributed by atoms with Gasteiger partial charge in [-0.2, -0.15) is 0 Å². The Labute approximate surface area is 164 Å². The maximum absolute atomic E-state index is 12.5. The number of carbonyl (C=O) groups excluding carboxylic acids is 3. The number of hydrogen-bond acceptors (Lipinski definition) is 5. The number of benzene rings is 2. The van der Waals surface area contributed by atoms with Crippen LogP contribution in [0.5, 0.6) is 5.75 Å². The van der Waals surface area contributed by atoms with Gasteiger partial charge in [-0.05, 0) is 37.3 Å². The van der Waals surface area contributed by atoms with E-state index in [1.165, 1.54) is 13.2 Å². The van der Waals surface area contributed by atoms with Gasteiger partial charge in [0.05, 0.1) is 25.0 Å². The standard InChI is InChI=1S/C22H25NO5/c1-6-28-21(26)16-11-12-17(18(13-16)27-5)23-20(25)15-9-7-14(8-10-15)19(24)22(2,3)4/h7-13H,6H2,1-5H3,(H,23,25). The number of amides is 1. The minimum atomic E-state index is -0.488. The molecule has 0 atom stereocenters. The average Bonchev–Trinajstić information content (AvgIpc) is 2.67. The summed E-state index contributed by atoms with van der Waals surface area (Å²) in [4.78, 5) is 36.7. The van der Waals surface area contributed by atoms with Crippen molar-refractivity contribution in [2.75, 3.05) is 19.0 Å². The van der Waals surface area contributed by atoms with E-state index in [4.69, 9.17) is 9.47 Å². The summed E-state index contributed by atoms with van der Waals surface area (Å²) in [5.41, 5.74) is 1.23. The first kappa shape index (κ1) is 21.2. The number of nitrogens with one attached hydrogen (secondary N) is 1. The Hall–Kier alpha value is -3.15. The zero-order valence-corrected chi connectivity index (χ0v) is 16.8. The van der Waals surface area contributed by atoms with Gasteiger partial charge in [0, 0.05) is 16.5 Å². The van der Waals surface area contributed by atoms with E-state index in [0.717, 1.165) is 0 Å². The van der Waals surface area contributed by atoms with E-state index < -0.39 is 11.4 Å². The second kappa shape index (κ2) is 8.69. The van der Waals surface area contributed by atoms with Gasteiger partial charge >= 0.3 is 5.97 Å². The maximum atomic E-state index is 12.5. The van der Waals surface area contributed by atoms with E-state index >= 15 is 0 Å². The molecule has 1 N–H and O–H groups in total. The number of ketones is 1. The van der Waals surface area contributed by atoms with Gasteiger partial charge < -0.3 is 14.8 Å². The summed E-state index contributed by atoms with van der Waals surface area (Å²) in [6, 6.07) is 11.1. The number of methoxy groups -OCH3 is 1. The normalized spacial score (nSPS) is 10.9. The number of hydrogen-bond donors (Lipinski definition) is 1. The maximum Gasteiger partial charge on any atom is 0.338 e. The zero-order valence-electron chi connectivity index (χ0n) is 16.8. The summed E-state index contributed by atoms with van der Waals surface area (Å²) in [7, 11) is 1.45. The van der Waals surface area contributed by atoms with Gasteiger partial charge in [-0.15, -0.1) is 0 Å². The molecule has 2 rings (SSSR count). The lowest BCUT2D eigenvalue weighted by Gasteiger charge is -2.16. The molecule has 0 aromatic heterocycles. The van der Waals surface area contributed by atoms with Crippen LogP contribution in [-0.2, 0) is 4.74 Å². The third kappa shape index (κ3) is 4.97. The van der Waals surface area contributed by atoms with Crippen molar-refractivity contribution < 1.29 is 23.9 Å². The summed E-state index contributed by atoms with van der Waals surface area (Å²) >= 11 is 0. The Bertz CT molecular complexity index is 879. The van der Waals surface area contributed by atoms with Crippen LogP contribution in [0.25, 0.3) is 0 Å². The molecule has 0 radical (unpaired) electrons. The van der Waals surface area contributed by atoms with Crippen LogP contribution >= 0.6 is 0 Å². The minimum Gasteiger partial charge on any atom is -0.495 e. The zero-order chi connectivity index (χ0) is 20.9. The molecule has 0 aliphatic heterocycles. The first-order valence-corrected chi connectivity index (χ1v) is 8.98. The molecule has 2 aromatic carbocycles. The van der Waals surface area contributed by atoms with Crippen molar-refractivity contribution in [1.82, 2.24) is 0 Å². The quantitative estimate of drug-likeness (QED) is 0.592. The predicted molar refractivity (Wildman–Crippen MR) is 107 cm³/mol. The van der Waals surface area contributed by atoms with E-state index in [-0.39, 0.29) is 18.3 Å². The third-order valence-electron chi connectivity index (χ3n) is 4.05. The number of carbonyl (C=O) groups is 3. The number of rotatable bonds is 6. The van der Waals surface area contributed by atoms with Gasteiger partial charge in [-0.1, -0.05) is 32.9 Å². The first-order valence-electron chi connectivity index (χ1n) is 8.98. The molecule has 6 heteroatoms. The second-order valence-corrected chi connectivity index (χ2v) is 7.25. The highest BCUT2D eigenvalue weighted by Crippen LogP contribution is 2.27. The molecule has 0 bridgehead atoms. The van der Waals surface area contributed by atoms with Crippen LogP contribution in [0.15, 0.2) is 42.5 Å². The van der Waals surface area contributed by atoms with Gasteiger partial charge in [0.25, 0.3) is 5.91 Å². The van der Waals surface area contributed by atoms with Crippen LogP contribution in [0.4, 0.5) is 5.69 Å². The molecule has 0 unspecified atom stereocenters. The fraction of sp³-hybridized carbons (Fsp3) is 0.318. The van der Waals surface area contributed by atoms with Crippen molar-refractivity contribution in [3.8, 4) is 5.75 Å². The summed E-state index contributed by atoms with van der Waals surface area (Å²) in [6.45, 7) is 7.55. The van der Waals surface area contributed by atoms with E-state index in [1.54, 1.807) is 43.3 Å². The predicted octanol–water partition coefficient (Wildman–Crippen LogP) is 4.35. The van der Waals surface area contributed by atoms with Crippen LogP contribution in [0, 0.1) is 5.41 Å². The van der Waals surface area contributed by atoms with Crippen molar-refractivity contribution >= 4 is 23.3 Å². The minimum absolute atomic E-state index is 0.00989. The lowest BCUT2D eigenvalue weighted by molar-refractivity contribution is 0.0525. The molecule has 28 heavy (non-hydrogen) atoms. The lowest BCUT2D eigenvalue weighted by Crippen LogP contribution is -2.20. The van der Waals surface area contributed by atoms with E-state index in [9.17, 15) is 14.4 Å². The van der Waals surface area contributed by atoms with E-state index in [0.29, 0.717) is 28.1 Å². The Kier molecular flexibility index (Phi) is 6.57. The van der Waals surface area contributed by atoms with Crippen molar-refractivity contribution in [1.29, 1.82) is 0 Å². The van der Waals surface area contributed by atoms with Gasteiger partial charge in [-0.3, -0.25) is 9.59 Å². The van der Waals surface area contributed by atoms with Crippen LogP contribution in [-0.4, -0.2) is 31.4 Å². The molecule has 0 spiro atoms. The molecular formula is C22H25NO5. The number of ether oxygens (including phenoxy) is 2. The molecule has 2 aromatic rings. The summed E-state index contributed by atoms with van der Waals surface area (Å²) in [5.74, 6) is -0.455. The molecule has 0 aliphatic rings. The third-order valence-corrected chi connectivity index (χ3v) is 4.05. The van der Waals surface area contributed by atoms with Crippen molar-refractivity contribution in [2.45, 2.75) is 27.7 Å². The monoisotopic (exact) mass is 383 g/mol. The van der Waals surface area contributed by atoms with Crippen LogP contribution < -0.4 is 10.1 Å². The van der Waals surface area contributed by atoms with Gasteiger partial charge in [0.1, 0.15) is 5.75 Å². The Morgan fingerprint density at radius 2 is 1.50 bits per heavy atom. The van der Waals surface area contributed by atoms with Gasteiger partial charge in [0.2, 0.25) is 0 Å².